The summed E-state index contributed by atoms with van der Waals surface area (Å²) in [5.41, 5.74) is 8.82. The van der Waals surface area contributed by atoms with Gasteiger partial charge in [0.1, 0.15) is 0 Å². The summed E-state index contributed by atoms with van der Waals surface area (Å²) in [5.74, 6) is 0.836. The standard InChI is InChI=1S/C16H26N2/c1-4-12(2)18(3)16(11-17)15-9-7-14(8-10-15)13-5-6-13/h7-10,12-13,16H,4-6,11,17H2,1-3H3. The van der Waals surface area contributed by atoms with Gasteiger partial charge in [0.05, 0.1) is 0 Å². The van der Waals surface area contributed by atoms with Crippen molar-refractivity contribution < 1.29 is 0 Å². The number of hydrogen-bond acceptors (Lipinski definition) is 2. The molecule has 18 heavy (non-hydrogen) atoms. The van der Waals surface area contributed by atoms with Crippen LogP contribution in [0.1, 0.15) is 56.2 Å². The van der Waals surface area contributed by atoms with Gasteiger partial charge in [0.2, 0.25) is 0 Å². The fraction of sp³-hybridized carbons (Fsp3) is 0.625. The molecular weight excluding hydrogens is 220 g/mol. The zero-order chi connectivity index (χ0) is 13.1. The van der Waals surface area contributed by atoms with Gasteiger partial charge in [0.25, 0.3) is 0 Å². The Morgan fingerprint density at radius 3 is 2.33 bits per heavy atom. The minimum Gasteiger partial charge on any atom is -0.329 e. The number of likely N-dealkylation sites (N-methyl/N-ethyl adjacent to an activating group) is 1. The highest BCUT2D eigenvalue weighted by atomic mass is 15.2. The highest BCUT2D eigenvalue weighted by Gasteiger charge is 2.24. The zero-order valence-corrected chi connectivity index (χ0v) is 11.9. The van der Waals surface area contributed by atoms with E-state index in [1.807, 2.05) is 0 Å². The highest BCUT2D eigenvalue weighted by molar-refractivity contribution is 5.30. The molecule has 2 nitrogen and oxygen atoms in total. The summed E-state index contributed by atoms with van der Waals surface area (Å²) in [7, 11) is 2.18. The van der Waals surface area contributed by atoms with Gasteiger partial charge < -0.3 is 5.73 Å². The molecule has 1 aromatic carbocycles. The average Bonchev–Trinajstić information content (AvgIpc) is 3.23. The van der Waals surface area contributed by atoms with Gasteiger partial charge in [-0.15, -0.1) is 0 Å². The fourth-order valence-corrected chi connectivity index (χ4v) is 2.54. The molecule has 1 fully saturated rings. The molecule has 2 N–H and O–H groups in total. The van der Waals surface area contributed by atoms with Crippen molar-refractivity contribution in [3.05, 3.63) is 35.4 Å². The van der Waals surface area contributed by atoms with E-state index in [9.17, 15) is 0 Å². The molecule has 0 saturated heterocycles. The van der Waals surface area contributed by atoms with E-state index in [1.54, 1.807) is 0 Å². The van der Waals surface area contributed by atoms with Crippen LogP contribution >= 0.6 is 0 Å². The maximum absolute atomic E-state index is 5.97. The largest absolute Gasteiger partial charge is 0.329 e. The van der Waals surface area contributed by atoms with Gasteiger partial charge in [0, 0.05) is 18.6 Å². The average molecular weight is 246 g/mol. The topological polar surface area (TPSA) is 29.3 Å². The fourth-order valence-electron chi connectivity index (χ4n) is 2.54. The Bertz CT molecular complexity index is 367. The van der Waals surface area contributed by atoms with Gasteiger partial charge in [-0.1, -0.05) is 31.2 Å². The van der Waals surface area contributed by atoms with E-state index in [4.69, 9.17) is 5.73 Å². The third-order valence-electron chi connectivity index (χ3n) is 4.37. The van der Waals surface area contributed by atoms with E-state index in [0.717, 1.165) is 12.3 Å². The van der Waals surface area contributed by atoms with Crippen LogP contribution in [0.5, 0.6) is 0 Å². The van der Waals surface area contributed by atoms with Gasteiger partial charge in [-0.05, 0) is 50.3 Å². The SMILES string of the molecule is CCC(C)N(C)C(CN)c1ccc(C2CC2)cc1. The normalized spacial score (nSPS) is 18.9. The Labute approximate surface area is 111 Å². The predicted octanol–water partition coefficient (Wildman–Crippen LogP) is 3.29. The summed E-state index contributed by atoms with van der Waals surface area (Å²) in [4.78, 5) is 2.39. The van der Waals surface area contributed by atoms with Crippen molar-refractivity contribution in [1.82, 2.24) is 4.90 Å². The molecule has 100 valence electrons. The molecule has 1 aliphatic carbocycles. The molecule has 1 saturated carbocycles. The summed E-state index contributed by atoms with van der Waals surface area (Å²) in [5, 5.41) is 0. The molecule has 0 aliphatic heterocycles. The van der Waals surface area contributed by atoms with Crippen LogP contribution in [0.25, 0.3) is 0 Å². The third-order valence-corrected chi connectivity index (χ3v) is 4.37. The maximum Gasteiger partial charge on any atom is 0.0470 e. The number of nitrogens with two attached hydrogens (primary N) is 1. The van der Waals surface area contributed by atoms with E-state index < -0.39 is 0 Å². The predicted molar refractivity (Wildman–Crippen MR) is 77.7 cm³/mol. The second-order valence-electron chi connectivity index (χ2n) is 5.62. The zero-order valence-electron chi connectivity index (χ0n) is 11.9. The van der Waals surface area contributed by atoms with E-state index >= 15 is 0 Å². The van der Waals surface area contributed by atoms with Gasteiger partial charge >= 0.3 is 0 Å². The number of nitrogens with zero attached hydrogens (tertiary/aromatic N) is 1. The molecule has 1 aromatic rings. The van der Waals surface area contributed by atoms with Crippen molar-refractivity contribution in [1.29, 1.82) is 0 Å². The van der Waals surface area contributed by atoms with Crippen LogP contribution in [0.4, 0.5) is 0 Å². The summed E-state index contributed by atoms with van der Waals surface area (Å²) < 4.78 is 0. The summed E-state index contributed by atoms with van der Waals surface area (Å²) >= 11 is 0. The van der Waals surface area contributed by atoms with Crippen LogP contribution in [0.2, 0.25) is 0 Å². The Balaban J connectivity index is 2.10. The first-order valence-electron chi connectivity index (χ1n) is 7.19. The minimum absolute atomic E-state index is 0.341. The Morgan fingerprint density at radius 2 is 1.89 bits per heavy atom. The molecule has 0 bridgehead atoms. The van der Waals surface area contributed by atoms with Crippen molar-refractivity contribution >= 4 is 0 Å². The van der Waals surface area contributed by atoms with Crippen LogP contribution in [0, 0.1) is 0 Å². The van der Waals surface area contributed by atoms with Crippen molar-refractivity contribution in [2.24, 2.45) is 5.73 Å². The summed E-state index contributed by atoms with van der Waals surface area (Å²) in [6.45, 7) is 5.18. The van der Waals surface area contributed by atoms with Crippen LogP contribution in [-0.4, -0.2) is 24.5 Å². The molecule has 0 aromatic heterocycles. The van der Waals surface area contributed by atoms with Gasteiger partial charge in [0.15, 0.2) is 0 Å². The molecule has 0 heterocycles. The molecule has 0 radical (unpaired) electrons. The maximum atomic E-state index is 5.97. The molecule has 2 heteroatoms. The van der Waals surface area contributed by atoms with Gasteiger partial charge in [-0.2, -0.15) is 0 Å². The first-order valence-corrected chi connectivity index (χ1v) is 7.19. The first kappa shape index (κ1) is 13.6. The minimum atomic E-state index is 0.341. The van der Waals surface area contributed by atoms with Crippen molar-refractivity contribution in [3.63, 3.8) is 0 Å². The summed E-state index contributed by atoms with van der Waals surface area (Å²) in [6.07, 6.45) is 3.89. The van der Waals surface area contributed by atoms with Crippen LogP contribution < -0.4 is 5.73 Å². The van der Waals surface area contributed by atoms with E-state index in [1.165, 1.54) is 24.0 Å². The van der Waals surface area contributed by atoms with E-state index in [-0.39, 0.29) is 0 Å². The molecular formula is C16H26N2. The van der Waals surface area contributed by atoms with Crippen molar-refractivity contribution in [2.75, 3.05) is 13.6 Å². The summed E-state index contributed by atoms with van der Waals surface area (Å²) in [6, 6.07) is 10.0. The lowest BCUT2D eigenvalue weighted by Crippen LogP contribution is -2.36. The van der Waals surface area contributed by atoms with E-state index in [0.29, 0.717) is 18.6 Å². The van der Waals surface area contributed by atoms with Crippen molar-refractivity contribution in [3.8, 4) is 0 Å². The monoisotopic (exact) mass is 246 g/mol. The smallest absolute Gasteiger partial charge is 0.0470 e. The molecule has 2 unspecified atom stereocenters. The number of rotatable bonds is 6. The molecule has 1 aliphatic rings. The lowest BCUT2D eigenvalue weighted by atomic mass is 10.0. The second-order valence-corrected chi connectivity index (χ2v) is 5.62. The van der Waals surface area contributed by atoms with Crippen LogP contribution in [0.15, 0.2) is 24.3 Å². The first-order chi connectivity index (χ1) is 8.67. The Hall–Kier alpha value is -0.860. The number of benzene rings is 1. The van der Waals surface area contributed by atoms with Crippen LogP contribution in [-0.2, 0) is 0 Å². The highest BCUT2D eigenvalue weighted by Crippen LogP contribution is 2.40. The van der Waals surface area contributed by atoms with E-state index in [2.05, 4.69) is 50.1 Å². The van der Waals surface area contributed by atoms with Crippen molar-refractivity contribution in [2.45, 2.75) is 51.1 Å². The molecule has 0 amide bonds. The lowest BCUT2D eigenvalue weighted by Gasteiger charge is -2.32. The van der Waals surface area contributed by atoms with Gasteiger partial charge in [-0.25, -0.2) is 0 Å². The van der Waals surface area contributed by atoms with Gasteiger partial charge in [-0.3, -0.25) is 4.90 Å². The third kappa shape index (κ3) is 2.93. The number of hydrogen-bond donors (Lipinski definition) is 1. The molecule has 0 spiro atoms. The molecule has 2 rings (SSSR count). The Kier molecular flexibility index (Phi) is 4.41. The van der Waals surface area contributed by atoms with Crippen LogP contribution in [0.3, 0.4) is 0 Å². The second kappa shape index (κ2) is 5.85. The quantitative estimate of drug-likeness (QED) is 0.834. The molecule has 2 atom stereocenters. The lowest BCUT2D eigenvalue weighted by molar-refractivity contribution is 0.184. The Morgan fingerprint density at radius 1 is 1.28 bits per heavy atom.